The number of nitrogens with zero attached hydrogens (tertiary/aromatic N) is 4. The highest BCUT2D eigenvalue weighted by molar-refractivity contribution is 5.93. The van der Waals surface area contributed by atoms with Crippen LogP contribution in [-0.2, 0) is 18.3 Å². The van der Waals surface area contributed by atoms with Crippen molar-refractivity contribution < 1.29 is 14.0 Å². The van der Waals surface area contributed by atoms with Crippen LogP contribution in [0.2, 0.25) is 0 Å². The van der Waals surface area contributed by atoms with Crippen molar-refractivity contribution in [2.24, 2.45) is 13.0 Å². The Labute approximate surface area is 193 Å². The van der Waals surface area contributed by atoms with Gasteiger partial charge >= 0.3 is 0 Å². The van der Waals surface area contributed by atoms with Crippen LogP contribution in [0.5, 0.6) is 0 Å². The molecule has 1 fully saturated rings. The fourth-order valence-electron chi connectivity index (χ4n) is 4.20. The van der Waals surface area contributed by atoms with Gasteiger partial charge in [-0.3, -0.25) is 9.59 Å². The molecule has 1 aromatic heterocycles. The maximum atomic E-state index is 14.1. The Hall–Kier alpha value is -3.74. The highest BCUT2D eigenvalue weighted by atomic mass is 19.1. The molecule has 170 valence electrons. The van der Waals surface area contributed by atoms with Gasteiger partial charge in [0.1, 0.15) is 11.5 Å². The summed E-state index contributed by atoms with van der Waals surface area (Å²) in [5.74, 6) is -0.833. The van der Waals surface area contributed by atoms with Crippen molar-refractivity contribution >= 4 is 11.8 Å². The number of carbonyl (C=O) groups is 2. The summed E-state index contributed by atoms with van der Waals surface area (Å²) in [6.07, 6.45) is 5.46. The summed E-state index contributed by atoms with van der Waals surface area (Å²) in [6, 6.07) is 14.2. The number of imidazole rings is 1. The van der Waals surface area contributed by atoms with E-state index in [1.54, 1.807) is 51.2 Å². The van der Waals surface area contributed by atoms with Crippen LogP contribution in [0.3, 0.4) is 0 Å². The molecule has 2 amide bonds. The van der Waals surface area contributed by atoms with Gasteiger partial charge in [-0.05, 0) is 23.6 Å². The van der Waals surface area contributed by atoms with Crippen molar-refractivity contribution in [3.05, 3.63) is 90.8 Å². The summed E-state index contributed by atoms with van der Waals surface area (Å²) in [5.41, 5.74) is 2.65. The second-order valence-electron chi connectivity index (χ2n) is 8.33. The first-order valence-corrected chi connectivity index (χ1v) is 11.0. The average molecular weight is 447 g/mol. The first kappa shape index (κ1) is 22.5. The highest BCUT2D eigenvalue weighted by Gasteiger charge is 2.32. The highest BCUT2D eigenvalue weighted by Crippen LogP contribution is 2.24. The average Bonchev–Trinajstić information content (AvgIpc) is 3.20. The summed E-state index contributed by atoms with van der Waals surface area (Å²) in [5, 5.41) is 0. The third-order valence-corrected chi connectivity index (χ3v) is 5.92. The standard InChI is InChI=1S/C26H27FN4O2/c1-3-12-30-13-14-31(26(33)24-17-29(2)18-28-24)16-21(25(30)32)15-19-8-10-20(11-9-19)22-6-4-5-7-23(22)27/h3-11,17-18,21H,1,12-16H2,2H3/t21-/m0/s1. The molecule has 0 N–H and O–H groups in total. The fourth-order valence-corrected chi connectivity index (χ4v) is 4.20. The largest absolute Gasteiger partial charge is 0.340 e. The van der Waals surface area contributed by atoms with E-state index in [1.807, 2.05) is 31.3 Å². The van der Waals surface area contributed by atoms with Crippen LogP contribution in [-0.4, -0.2) is 57.3 Å². The maximum absolute atomic E-state index is 14.1. The van der Waals surface area contributed by atoms with Crippen LogP contribution in [0.15, 0.2) is 73.7 Å². The van der Waals surface area contributed by atoms with Crippen LogP contribution in [0.1, 0.15) is 16.1 Å². The number of aryl methyl sites for hydroxylation is 1. The molecule has 3 aromatic rings. The zero-order chi connectivity index (χ0) is 23.4. The van der Waals surface area contributed by atoms with Crippen LogP contribution >= 0.6 is 0 Å². The third-order valence-electron chi connectivity index (χ3n) is 5.92. The lowest BCUT2D eigenvalue weighted by atomic mass is 9.95. The van der Waals surface area contributed by atoms with Gasteiger partial charge in [-0.2, -0.15) is 0 Å². The lowest BCUT2D eigenvalue weighted by Gasteiger charge is -2.23. The quantitative estimate of drug-likeness (QED) is 0.544. The van der Waals surface area contributed by atoms with Gasteiger partial charge in [0.2, 0.25) is 5.91 Å². The summed E-state index contributed by atoms with van der Waals surface area (Å²) in [7, 11) is 1.81. The minimum absolute atomic E-state index is 0.00408. The predicted molar refractivity (Wildman–Crippen MR) is 125 cm³/mol. The Morgan fingerprint density at radius 2 is 1.94 bits per heavy atom. The molecule has 2 heterocycles. The Balaban J connectivity index is 1.55. The molecule has 4 rings (SSSR count). The third kappa shape index (κ3) is 5.03. The number of amides is 2. The molecule has 1 atom stereocenters. The van der Waals surface area contributed by atoms with Crippen molar-refractivity contribution in [2.45, 2.75) is 6.42 Å². The van der Waals surface area contributed by atoms with E-state index in [0.717, 1.165) is 11.1 Å². The van der Waals surface area contributed by atoms with Gasteiger partial charge in [-0.25, -0.2) is 9.37 Å². The summed E-state index contributed by atoms with van der Waals surface area (Å²) in [6.45, 7) is 5.41. The van der Waals surface area contributed by atoms with E-state index in [4.69, 9.17) is 0 Å². The number of rotatable bonds is 6. The number of hydrogen-bond donors (Lipinski definition) is 0. The molecule has 33 heavy (non-hydrogen) atoms. The normalized spacial score (nSPS) is 16.5. The molecule has 0 aliphatic carbocycles. The van der Waals surface area contributed by atoms with E-state index < -0.39 is 0 Å². The van der Waals surface area contributed by atoms with Gasteiger partial charge in [0.25, 0.3) is 5.91 Å². The zero-order valence-corrected chi connectivity index (χ0v) is 18.7. The van der Waals surface area contributed by atoms with Crippen molar-refractivity contribution in [2.75, 3.05) is 26.2 Å². The van der Waals surface area contributed by atoms with Crippen molar-refractivity contribution in [1.82, 2.24) is 19.4 Å². The predicted octanol–water partition coefficient (Wildman–Crippen LogP) is 3.56. The minimum atomic E-state index is -0.389. The zero-order valence-electron chi connectivity index (χ0n) is 18.7. The number of carbonyl (C=O) groups excluding carboxylic acids is 2. The van der Waals surface area contributed by atoms with Crippen LogP contribution in [0.4, 0.5) is 4.39 Å². The number of halogens is 1. The van der Waals surface area contributed by atoms with Crippen LogP contribution in [0, 0.1) is 11.7 Å². The van der Waals surface area contributed by atoms with E-state index in [1.165, 1.54) is 6.07 Å². The van der Waals surface area contributed by atoms with E-state index in [-0.39, 0.29) is 23.5 Å². The SMILES string of the molecule is C=CCN1CCN(C(=O)c2cn(C)cn2)C[C@H](Cc2ccc(-c3ccccc3F)cc2)C1=O. The minimum Gasteiger partial charge on any atom is -0.340 e. The molecular weight excluding hydrogens is 419 g/mol. The molecule has 7 heteroatoms. The van der Waals surface area contributed by atoms with Gasteiger partial charge < -0.3 is 14.4 Å². The van der Waals surface area contributed by atoms with Crippen molar-refractivity contribution in [3.8, 4) is 11.1 Å². The Morgan fingerprint density at radius 1 is 1.18 bits per heavy atom. The number of aromatic nitrogens is 2. The van der Waals surface area contributed by atoms with E-state index in [9.17, 15) is 14.0 Å². The second kappa shape index (κ2) is 9.81. The molecule has 0 spiro atoms. The summed E-state index contributed by atoms with van der Waals surface area (Å²) in [4.78, 5) is 33.9. The molecule has 0 bridgehead atoms. The molecule has 0 unspecified atom stereocenters. The first-order chi connectivity index (χ1) is 16.0. The summed E-state index contributed by atoms with van der Waals surface area (Å²) >= 11 is 0. The molecule has 1 saturated heterocycles. The van der Waals surface area contributed by atoms with Gasteiger partial charge in [0.05, 0.1) is 12.2 Å². The van der Waals surface area contributed by atoms with E-state index in [2.05, 4.69) is 11.6 Å². The molecule has 2 aromatic carbocycles. The monoisotopic (exact) mass is 446 g/mol. The van der Waals surface area contributed by atoms with Crippen molar-refractivity contribution in [1.29, 1.82) is 0 Å². The van der Waals surface area contributed by atoms with E-state index in [0.29, 0.717) is 43.9 Å². The lowest BCUT2D eigenvalue weighted by molar-refractivity contribution is -0.134. The van der Waals surface area contributed by atoms with Gasteiger partial charge in [0, 0.05) is 45.0 Å². The molecular formula is C26H27FN4O2. The van der Waals surface area contributed by atoms with Crippen molar-refractivity contribution in [3.63, 3.8) is 0 Å². The lowest BCUT2D eigenvalue weighted by Crippen LogP contribution is -2.38. The van der Waals surface area contributed by atoms with E-state index >= 15 is 0 Å². The Kier molecular flexibility index (Phi) is 6.68. The second-order valence-corrected chi connectivity index (χ2v) is 8.33. The number of hydrogen-bond acceptors (Lipinski definition) is 3. The number of benzene rings is 2. The summed E-state index contributed by atoms with van der Waals surface area (Å²) < 4.78 is 15.8. The Bertz CT molecular complexity index is 1160. The topological polar surface area (TPSA) is 58.4 Å². The Morgan fingerprint density at radius 3 is 2.61 bits per heavy atom. The fraction of sp³-hybridized carbons (Fsp3) is 0.269. The molecule has 1 aliphatic heterocycles. The van der Waals surface area contributed by atoms with Gasteiger partial charge in [-0.15, -0.1) is 6.58 Å². The van der Waals surface area contributed by atoms with Crippen LogP contribution < -0.4 is 0 Å². The molecule has 6 nitrogen and oxygen atoms in total. The smallest absolute Gasteiger partial charge is 0.274 e. The van der Waals surface area contributed by atoms with Gasteiger partial charge in [-0.1, -0.05) is 48.5 Å². The maximum Gasteiger partial charge on any atom is 0.274 e. The first-order valence-electron chi connectivity index (χ1n) is 11.0. The molecule has 0 radical (unpaired) electrons. The molecule has 1 aliphatic rings. The molecule has 0 saturated carbocycles. The van der Waals surface area contributed by atoms with Crippen LogP contribution in [0.25, 0.3) is 11.1 Å². The van der Waals surface area contributed by atoms with Gasteiger partial charge in [0.15, 0.2) is 0 Å².